The molecule has 2 nitrogen and oxygen atoms in total. The average Bonchev–Trinajstić information content (AvgIpc) is 1.79. The molecule has 0 spiro atoms. The van der Waals surface area contributed by atoms with Gasteiger partial charge in [0.25, 0.3) is 0 Å². The van der Waals surface area contributed by atoms with E-state index in [1.165, 1.54) is 6.42 Å². The Hall–Kier alpha value is -0.530. The van der Waals surface area contributed by atoms with Crippen LogP contribution in [0.5, 0.6) is 0 Å². The Labute approximate surface area is 81.3 Å². The molecular weight excluding hydrogens is 162 g/mol. The number of amides is 1. The highest BCUT2D eigenvalue weighted by atomic mass is 16.2. The van der Waals surface area contributed by atoms with Crippen molar-refractivity contribution in [1.82, 2.24) is 4.90 Å². The Morgan fingerprint density at radius 2 is 1.62 bits per heavy atom. The molecule has 0 aromatic carbocycles. The molecule has 0 aromatic heterocycles. The number of hydrogen-bond donors (Lipinski definition) is 0. The largest absolute Gasteiger partial charge is 0.338 e. The van der Waals surface area contributed by atoms with Gasteiger partial charge in [0, 0.05) is 18.0 Å². The maximum Gasteiger partial charge on any atom is 0.226 e. The molecule has 1 aliphatic carbocycles. The number of nitrogens with zero attached hydrogens (tertiary/aromatic N) is 1. The van der Waals surface area contributed by atoms with Gasteiger partial charge in [-0.15, -0.1) is 0 Å². The summed E-state index contributed by atoms with van der Waals surface area (Å²) in [5.74, 6) is 0.709. The normalized spacial score (nSPS) is 17.7. The predicted molar refractivity (Wildman–Crippen MR) is 54.5 cm³/mol. The van der Waals surface area contributed by atoms with Gasteiger partial charge in [-0.3, -0.25) is 4.79 Å². The van der Waals surface area contributed by atoms with E-state index in [4.69, 9.17) is 0 Å². The molecule has 76 valence electrons. The van der Waals surface area contributed by atoms with Crippen LogP contribution in [0.2, 0.25) is 0 Å². The molecule has 0 bridgehead atoms. The van der Waals surface area contributed by atoms with E-state index in [-0.39, 0.29) is 0 Å². The van der Waals surface area contributed by atoms with Crippen molar-refractivity contribution in [2.45, 2.75) is 59.0 Å². The van der Waals surface area contributed by atoms with E-state index in [0.29, 0.717) is 23.9 Å². The predicted octanol–water partition coefficient (Wildman–Crippen LogP) is 2.43. The summed E-state index contributed by atoms with van der Waals surface area (Å²) in [6.45, 7) is 8.38. The van der Waals surface area contributed by atoms with Crippen LogP contribution in [0, 0.1) is 5.92 Å². The van der Waals surface area contributed by atoms with Gasteiger partial charge in [-0.1, -0.05) is 6.42 Å². The number of carbonyl (C=O) groups excluding carboxylic acids is 1. The van der Waals surface area contributed by atoms with Crippen LogP contribution < -0.4 is 0 Å². The first kappa shape index (κ1) is 10.6. The molecule has 0 unspecified atom stereocenters. The third-order valence-electron chi connectivity index (χ3n) is 2.82. The van der Waals surface area contributed by atoms with Crippen LogP contribution in [0.15, 0.2) is 0 Å². The highest BCUT2D eigenvalue weighted by Gasteiger charge is 2.31. The summed E-state index contributed by atoms with van der Waals surface area (Å²) in [6.07, 6.45) is 3.45. The van der Waals surface area contributed by atoms with E-state index in [0.717, 1.165) is 12.8 Å². The van der Waals surface area contributed by atoms with Gasteiger partial charge < -0.3 is 4.90 Å². The zero-order chi connectivity index (χ0) is 10.0. The van der Waals surface area contributed by atoms with E-state index in [1.807, 2.05) is 4.90 Å². The van der Waals surface area contributed by atoms with Gasteiger partial charge in [0.15, 0.2) is 0 Å². The number of rotatable bonds is 3. The van der Waals surface area contributed by atoms with Gasteiger partial charge in [0.2, 0.25) is 5.91 Å². The first-order valence-electron chi connectivity index (χ1n) is 5.36. The van der Waals surface area contributed by atoms with E-state index in [1.54, 1.807) is 0 Å². The molecule has 0 radical (unpaired) electrons. The van der Waals surface area contributed by atoms with Gasteiger partial charge in [0.05, 0.1) is 0 Å². The fraction of sp³-hybridized carbons (Fsp3) is 0.909. The molecule has 0 heterocycles. The Kier molecular flexibility index (Phi) is 3.34. The molecule has 1 rings (SSSR count). The molecule has 1 amide bonds. The minimum Gasteiger partial charge on any atom is -0.338 e. The molecule has 0 atom stereocenters. The second-order valence-corrected chi connectivity index (χ2v) is 4.56. The third kappa shape index (κ3) is 2.23. The van der Waals surface area contributed by atoms with E-state index < -0.39 is 0 Å². The molecule has 0 aliphatic heterocycles. The summed E-state index contributed by atoms with van der Waals surface area (Å²) >= 11 is 0. The lowest BCUT2D eigenvalue weighted by Crippen LogP contribution is -2.46. The lowest BCUT2D eigenvalue weighted by atomic mass is 9.84. The second-order valence-electron chi connectivity index (χ2n) is 4.56. The van der Waals surface area contributed by atoms with Gasteiger partial charge in [-0.05, 0) is 40.5 Å². The summed E-state index contributed by atoms with van der Waals surface area (Å²) in [5, 5.41) is 0. The Morgan fingerprint density at radius 1 is 1.15 bits per heavy atom. The summed E-state index contributed by atoms with van der Waals surface area (Å²) in [7, 11) is 0. The maximum atomic E-state index is 11.9. The van der Waals surface area contributed by atoms with Gasteiger partial charge in [0.1, 0.15) is 0 Å². The maximum absolute atomic E-state index is 11.9. The lowest BCUT2D eigenvalue weighted by molar-refractivity contribution is -0.141. The fourth-order valence-electron chi connectivity index (χ4n) is 1.97. The molecule has 1 saturated carbocycles. The smallest absolute Gasteiger partial charge is 0.226 e. The van der Waals surface area contributed by atoms with Crippen LogP contribution in [-0.2, 0) is 4.79 Å². The number of hydrogen-bond acceptors (Lipinski definition) is 1. The lowest BCUT2D eigenvalue weighted by Gasteiger charge is -2.36. The highest BCUT2D eigenvalue weighted by molar-refractivity contribution is 5.80. The van der Waals surface area contributed by atoms with Crippen molar-refractivity contribution < 1.29 is 4.79 Å². The fourth-order valence-corrected chi connectivity index (χ4v) is 1.97. The Morgan fingerprint density at radius 3 is 1.85 bits per heavy atom. The standard InChI is InChI=1S/C11H21NO/c1-8(2)12(9(3)4)11(13)10-6-5-7-10/h8-10H,5-7H2,1-4H3. The summed E-state index contributed by atoms with van der Waals surface area (Å²) in [6, 6.07) is 0.682. The molecule has 13 heavy (non-hydrogen) atoms. The highest BCUT2D eigenvalue weighted by Crippen LogP contribution is 2.29. The zero-order valence-corrected chi connectivity index (χ0v) is 9.21. The van der Waals surface area contributed by atoms with Crippen molar-refractivity contribution in [1.29, 1.82) is 0 Å². The molecular formula is C11H21NO. The molecule has 0 aromatic rings. The van der Waals surface area contributed by atoms with E-state index in [9.17, 15) is 4.79 Å². The quantitative estimate of drug-likeness (QED) is 0.658. The Balaban J connectivity index is 2.57. The van der Waals surface area contributed by atoms with Crippen molar-refractivity contribution in [2.24, 2.45) is 5.92 Å². The summed E-state index contributed by atoms with van der Waals surface area (Å²) < 4.78 is 0. The third-order valence-corrected chi connectivity index (χ3v) is 2.82. The summed E-state index contributed by atoms with van der Waals surface area (Å²) in [4.78, 5) is 14.0. The molecule has 1 fully saturated rings. The van der Waals surface area contributed by atoms with E-state index >= 15 is 0 Å². The zero-order valence-electron chi connectivity index (χ0n) is 9.21. The average molecular weight is 183 g/mol. The first-order chi connectivity index (χ1) is 6.04. The second kappa shape index (κ2) is 4.12. The molecule has 2 heteroatoms. The first-order valence-corrected chi connectivity index (χ1v) is 5.36. The van der Waals surface area contributed by atoms with Crippen LogP contribution in [0.3, 0.4) is 0 Å². The van der Waals surface area contributed by atoms with Crippen molar-refractivity contribution in [2.75, 3.05) is 0 Å². The van der Waals surface area contributed by atoms with Gasteiger partial charge in [-0.25, -0.2) is 0 Å². The van der Waals surface area contributed by atoms with Crippen LogP contribution in [0.4, 0.5) is 0 Å². The monoisotopic (exact) mass is 183 g/mol. The van der Waals surface area contributed by atoms with Gasteiger partial charge in [-0.2, -0.15) is 0 Å². The summed E-state index contributed by atoms with van der Waals surface area (Å²) in [5.41, 5.74) is 0. The van der Waals surface area contributed by atoms with Crippen LogP contribution in [0.25, 0.3) is 0 Å². The molecule has 1 aliphatic rings. The number of carbonyl (C=O) groups is 1. The van der Waals surface area contributed by atoms with Crippen LogP contribution in [-0.4, -0.2) is 22.9 Å². The van der Waals surface area contributed by atoms with Crippen molar-refractivity contribution in [3.63, 3.8) is 0 Å². The minimum absolute atomic E-state index is 0.338. The topological polar surface area (TPSA) is 20.3 Å². The molecule has 0 saturated heterocycles. The van der Waals surface area contributed by atoms with Crippen molar-refractivity contribution in [3.05, 3.63) is 0 Å². The van der Waals surface area contributed by atoms with Crippen molar-refractivity contribution >= 4 is 5.91 Å². The van der Waals surface area contributed by atoms with Crippen LogP contribution >= 0.6 is 0 Å². The SMILES string of the molecule is CC(C)N(C(=O)C1CCC1)C(C)C. The Bertz CT molecular complexity index is 175. The van der Waals surface area contributed by atoms with Crippen molar-refractivity contribution in [3.8, 4) is 0 Å². The van der Waals surface area contributed by atoms with Gasteiger partial charge >= 0.3 is 0 Å². The molecule has 0 N–H and O–H groups in total. The van der Waals surface area contributed by atoms with Crippen LogP contribution in [0.1, 0.15) is 47.0 Å². The van der Waals surface area contributed by atoms with E-state index in [2.05, 4.69) is 27.7 Å². The minimum atomic E-state index is 0.338.